The SMILES string of the molecule is O=C(CSc1nc(C2CC2)n(-c2ccccc2)n1)NOCc1ccccc1. The third-order valence-electron chi connectivity index (χ3n) is 4.16. The fourth-order valence-corrected chi connectivity index (χ4v) is 3.28. The molecular weight excluding hydrogens is 360 g/mol. The molecule has 0 spiro atoms. The highest BCUT2D eigenvalue weighted by molar-refractivity contribution is 7.99. The molecule has 3 aromatic rings. The van der Waals surface area contributed by atoms with Gasteiger partial charge in [0.25, 0.3) is 5.91 Å². The minimum Gasteiger partial charge on any atom is -0.272 e. The molecule has 1 aliphatic rings. The monoisotopic (exact) mass is 380 g/mol. The molecule has 1 N–H and O–H groups in total. The van der Waals surface area contributed by atoms with Crippen LogP contribution in [0.15, 0.2) is 65.8 Å². The van der Waals surface area contributed by atoms with Crippen LogP contribution in [0.1, 0.15) is 30.1 Å². The van der Waals surface area contributed by atoms with E-state index in [1.807, 2.05) is 65.3 Å². The number of carbonyl (C=O) groups is 1. The Morgan fingerprint density at radius 2 is 1.81 bits per heavy atom. The Kier molecular flexibility index (Phi) is 5.50. The summed E-state index contributed by atoms with van der Waals surface area (Å²) in [5.41, 5.74) is 4.46. The molecule has 0 atom stereocenters. The zero-order valence-electron chi connectivity index (χ0n) is 14.7. The van der Waals surface area contributed by atoms with E-state index in [0.29, 0.717) is 17.7 Å². The minimum atomic E-state index is -0.208. The number of aromatic nitrogens is 3. The summed E-state index contributed by atoms with van der Waals surface area (Å²) in [6, 6.07) is 19.7. The molecule has 1 aromatic heterocycles. The second kappa shape index (κ2) is 8.37. The molecule has 0 unspecified atom stereocenters. The molecule has 1 saturated carbocycles. The van der Waals surface area contributed by atoms with Gasteiger partial charge in [0.1, 0.15) is 5.82 Å². The molecule has 1 heterocycles. The molecule has 138 valence electrons. The van der Waals surface area contributed by atoms with Crippen molar-refractivity contribution in [2.75, 3.05) is 5.75 Å². The van der Waals surface area contributed by atoms with Crippen molar-refractivity contribution >= 4 is 17.7 Å². The van der Waals surface area contributed by atoms with Crippen LogP contribution >= 0.6 is 11.8 Å². The number of benzene rings is 2. The van der Waals surface area contributed by atoms with Gasteiger partial charge < -0.3 is 0 Å². The normalized spacial score (nSPS) is 13.5. The molecule has 2 aromatic carbocycles. The van der Waals surface area contributed by atoms with Crippen LogP contribution in [0.3, 0.4) is 0 Å². The summed E-state index contributed by atoms with van der Waals surface area (Å²) >= 11 is 1.31. The summed E-state index contributed by atoms with van der Waals surface area (Å²) in [5, 5.41) is 5.20. The number of thioether (sulfide) groups is 1. The average Bonchev–Trinajstić information content (AvgIpc) is 3.47. The standard InChI is InChI=1S/C20H20N4O2S/c25-18(23-26-13-15-7-3-1-4-8-15)14-27-20-21-19(16-11-12-16)24(22-20)17-9-5-2-6-10-17/h1-10,16H,11-14H2,(H,23,25). The van der Waals surface area contributed by atoms with Crippen molar-refractivity contribution in [3.63, 3.8) is 0 Å². The molecule has 1 aliphatic carbocycles. The van der Waals surface area contributed by atoms with Crippen molar-refractivity contribution in [3.8, 4) is 5.69 Å². The van der Waals surface area contributed by atoms with Crippen molar-refractivity contribution in [3.05, 3.63) is 72.1 Å². The number of nitrogens with zero attached hydrogens (tertiary/aromatic N) is 3. The van der Waals surface area contributed by atoms with E-state index in [-0.39, 0.29) is 11.7 Å². The predicted octanol–water partition coefficient (Wildman–Crippen LogP) is 3.48. The van der Waals surface area contributed by atoms with Gasteiger partial charge >= 0.3 is 0 Å². The van der Waals surface area contributed by atoms with Gasteiger partial charge in [-0.25, -0.2) is 15.1 Å². The maximum atomic E-state index is 12.0. The molecular formula is C20H20N4O2S. The summed E-state index contributed by atoms with van der Waals surface area (Å²) in [7, 11) is 0. The van der Waals surface area contributed by atoms with E-state index in [1.165, 1.54) is 11.8 Å². The van der Waals surface area contributed by atoms with Crippen molar-refractivity contribution in [2.45, 2.75) is 30.5 Å². The van der Waals surface area contributed by atoms with E-state index in [1.54, 1.807) is 0 Å². The van der Waals surface area contributed by atoms with Gasteiger partial charge in [0.05, 0.1) is 18.0 Å². The van der Waals surface area contributed by atoms with Gasteiger partial charge in [-0.3, -0.25) is 9.63 Å². The first kappa shape index (κ1) is 17.8. The number of hydrogen-bond acceptors (Lipinski definition) is 5. The van der Waals surface area contributed by atoms with E-state index in [4.69, 9.17) is 4.84 Å². The van der Waals surface area contributed by atoms with Gasteiger partial charge in [0.2, 0.25) is 5.16 Å². The molecule has 7 heteroatoms. The molecule has 6 nitrogen and oxygen atoms in total. The lowest BCUT2D eigenvalue weighted by atomic mass is 10.2. The second-order valence-corrected chi connectivity index (χ2v) is 7.30. The maximum Gasteiger partial charge on any atom is 0.254 e. The quantitative estimate of drug-likeness (QED) is 0.479. The van der Waals surface area contributed by atoms with Gasteiger partial charge in [0, 0.05) is 5.92 Å². The minimum absolute atomic E-state index is 0.206. The smallest absolute Gasteiger partial charge is 0.254 e. The number of hydrogen-bond donors (Lipinski definition) is 1. The first-order valence-corrected chi connectivity index (χ1v) is 9.88. The molecule has 1 amide bonds. The van der Waals surface area contributed by atoms with E-state index >= 15 is 0 Å². The van der Waals surface area contributed by atoms with Gasteiger partial charge in [-0.1, -0.05) is 60.3 Å². The van der Waals surface area contributed by atoms with E-state index in [9.17, 15) is 4.79 Å². The molecule has 4 rings (SSSR count). The molecule has 0 bridgehead atoms. The van der Waals surface area contributed by atoms with E-state index < -0.39 is 0 Å². The maximum absolute atomic E-state index is 12.0. The van der Waals surface area contributed by atoms with Gasteiger partial charge in [-0.2, -0.15) is 0 Å². The van der Waals surface area contributed by atoms with Crippen LogP contribution in [0, 0.1) is 0 Å². The number of hydroxylamine groups is 1. The van der Waals surface area contributed by atoms with Crippen LogP contribution in [-0.4, -0.2) is 26.4 Å². The zero-order chi connectivity index (χ0) is 18.5. The van der Waals surface area contributed by atoms with Crippen LogP contribution in [0.2, 0.25) is 0 Å². The molecule has 1 fully saturated rings. The Balaban J connectivity index is 1.32. The Hall–Kier alpha value is -2.64. The molecule has 27 heavy (non-hydrogen) atoms. The lowest BCUT2D eigenvalue weighted by molar-refractivity contribution is -0.131. The Labute approximate surface area is 161 Å². The number of nitrogens with one attached hydrogen (secondary N) is 1. The van der Waals surface area contributed by atoms with Crippen molar-refractivity contribution in [1.82, 2.24) is 20.2 Å². The largest absolute Gasteiger partial charge is 0.272 e. The number of rotatable bonds is 8. The molecule has 0 saturated heterocycles. The fourth-order valence-electron chi connectivity index (χ4n) is 2.66. The predicted molar refractivity (Wildman–Crippen MR) is 103 cm³/mol. The highest BCUT2D eigenvalue weighted by atomic mass is 32.2. The van der Waals surface area contributed by atoms with Gasteiger partial charge in [-0.15, -0.1) is 5.10 Å². The Morgan fingerprint density at radius 1 is 1.11 bits per heavy atom. The highest BCUT2D eigenvalue weighted by Crippen LogP contribution is 2.40. The Morgan fingerprint density at radius 3 is 2.52 bits per heavy atom. The summed E-state index contributed by atoms with van der Waals surface area (Å²) in [6.07, 6.45) is 2.28. The summed E-state index contributed by atoms with van der Waals surface area (Å²) < 4.78 is 1.89. The second-order valence-electron chi connectivity index (χ2n) is 6.36. The number of amides is 1. The van der Waals surface area contributed by atoms with Crippen LogP contribution in [0.5, 0.6) is 0 Å². The highest BCUT2D eigenvalue weighted by Gasteiger charge is 2.30. The van der Waals surface area contributed by atoms with Crippen LogP contribution in [0.4, 0.5) is 0 Å². The number of para-hydroxylation sites is 1. The summed E-state index contributed by atoms with van der Waals surface area (Å²) in [6.45, 7) is 0.337. The average molecular weight is 380 g/mol. The van der Waals surface area contributed by atoms with Gasteiger partial charge in [-0.05, 0) is 30.5 Å². The van der Waals surface area contributed by atoms with Crippen LogP contribution in [-0.2, 0) is 16.2 Å². The third kappa shape index (κ3) is 4.75. The van der Waals surface area contributed by atoms with Crippen molar-refractivity contribution in [1.29, 1.82) is 0 Å². The van der Waals surface area contributed by atoms with Crippen LogP contribution in [0.25, 0.3) is 5.69 Å². The lowest BCUT2D eigenvalue weighted by Crippen LogP contribution is -2.25. The summed E-state index contributed by atoms with van der Waals surface area (Å²) in [5.74, 6) is 1.44. The van der Waals surface area contributed by atoms with E-state index in [0.717, 1.165) is 29.9 Å². The van der Waals surface area contributed by atoms with E-state index in [2.05, 4.69) is 15.6 Å². The molecule has 0 aliphatic heterocycles. The molecule has 0 radical (unpaired) electrons. The lowest BCUT2D eigenvalue weighted by Gasteiger charge is -2.05. The Bertz CT molecular complexity index is 895. The number of carbonyl (C=O) groups excluding carboxylic acids is 1. The summed E-state index contributed by atoms with van der Waals surface area (Å²) in [4.78, 5) is 21.9. The first-order valence-electron chi connectivity index (χ1n) is 8.89. The fraction of sp³-hybridized carbons (Fsp3) is 0.250. The topological polar surface area (TPSA) is 69.0 Å². The third-order valence-corrected chi connectivity index (χ3v) is 4.99. The van der Waals surface area contributed by atoms with Crippen LogP contribution < -0.4 is 5.48 Å². The first-order chi connectivity index (χ1) is 13.3. The van der Waals surface area contributed by atoms with Crippen molar-refractivity contribution < 1.29 is 9.63 Å². The van der Waals surface area contributed by atoms with Gasteiger partial charge in [0.15, 0.2) is 0 Å². The van der Waals surface area contributed by atoms with Crippen molar-refractivity contribution in [2.24, 2.45) is 0 Å². The zero-order valence-corrected chi connectivity index (χ0v) is 15.6.